The maximum Gasteiger partial charge on any atom is 0.323 e. The molecule has 7 heteroatoms. The molecule has 3 rings (SSSR count). The number of aromatic nitrogens is 1. The van der Waals surface area contributed by atoms with E-state index in [4.69, 9.17) is 0 Å². The van der Waals surface area contributed by atoms with Crippen LogP contribution in [0.3, 0.4) is 0 Å². The molecular formula is C18H29B2N4Si. The zero-order valence-corrected chi connectivity index (χ0v) is 16.9. The predicted octanol–water partition coefficient (Wildman–Crippen LogP) is 3.73. The van der Waals surface area contributed by atoms with Gasteiger partial charge in [0, 0.05) is 11.9 Å². The lowest BCUT2D eigenvalue weighted by atomic mass is 9.61. The molecule has 2 aromatic rings. The van der Waals surface area contributed by atoms with E-state index < -0.39 is 0 Å². The lowest BCUT2D eigenvalue weighted by Gasteiger charge is -2.50. The van der Waals surface area contributed by atoms with Gasteiger partial charge in [-0.1, -0.05) is 58.0 Å². The lowest BCUT2D eigenvalue weighted by Crippen LogP contribution is -2.72. The highest BCUT2D eigenvalue weighted by Gasteiger charge is 2.41. The van der Waals surface area contributed by atoms with Crippen molar-refractivity contribution < 1.29 is 0 Å². The average molecular weight is 351 g/mol. The highest BCUT2D eigenvalue weighted by atomic mass is 28.2. The van der Waals surface area contributed by atoms with Gasteiger partial charge < -0.3 is 18.7 Å². The maximum atomic E-state index is 3.41. The molecule has 1 aromatic heterocycles. The monoisotopic (exact) mass is 351 g/mol. The first-order valence-corrected chi connectivity index (χ1v) is 10.6. The molecule has 0 aliphatic carbocycles. The minimum Gasteiger partial charge on any atom is -0.416 e. The van der Waals surface area contributed by atoms with Crippen LogP contribution in [0.15, 0.2) is 48.7 Å². The molecule has 1 aliphatic heterocycles. The van der Waals surface area contributed by atoms with E-state index >= 15 is 0 Å². The summed E-state index contributed by atoms with van der Waals surface area (Å²) in [6.45, 7) is 9.00. The number of hydrogen-bond donors (Lipinski definition) is 1. The van der Waals surface area contributed by atoms with Crippen LogP contribution >= 0.6 is 0 Å². The highest BCUT2D eigenvalue weighted by molar-refractivity contribution is 6.92. The van der Waals surface area contributed by atoms with Crippen LogP contribution in [0.25, 0.3) is 0 Å². The van der Waals surface area contributed by atoms with Gasteiger partial charge >= 0.3 is 14.0 Å². The average Bonchev–Trinajstić information content (AvgIpc) is 3.16. The molecule has 1 aliphatic rings. The fourth-order valence-electron chi connectivity index (χ4n) is 3.68. The summed E-state index contributed by atoms with van der Waals surface area (Å²) in [5.74, 6) is 1.23. The smallest absolute Gasteiger partial charge is 0.323 e. The third-order valence-electron chi connectivity index (χ3n) is 5.20. The maximum absolute atomic E-state index is 3.41. The number of anilines is 2. The van der Waals surface area contributed by atoms with Crippen LogP contribution in [-0.2, 0) is 0 Å². The molecule has 0 unspecified atom stereocenters. The van der Waals surface area contributed by atoms with Gasteiger partial charge in [-0.25, -0.2) is 0 Å². The third-order valence-corrected chi connectivity index (χ3v) is 7.13. The molecule has 1 fully saturated rings. The van der Waals surface area contributed by atoms with E-state index in [-0.39, 0.29) is 9.84 Å². The Hall–Kier alpha value is -1.59. The van der Waals surface area contributed by atoms with Crippen molar-refractivity contribution in [2.24, 2.45) is 0 Å². The van der Waals surface area contributed by atoms with Crippen molar-refractivity contribution in [3.63, 3.8) is 0 Å². The third kappa shape index (κ3) is 4.15. The number of rotatable bonds is 7. The van der Waals surface area contributed by atoms with E-state index in [1.54, 1.807) is 0 Å². The Morgan fingerprint density at radius 1 is 0.920 bits per heavy atom. The molecule has 25 heavy (non-hydrogen) atoms. The van der Waals surface area contributed by atoms with Crippen molar-refractivity contribution >= 4 is 35.3 Å². The van der Waals surface area contributed by atoms with Gasteiger partial charge in [0.2, 0.25) is 0 Å². The van der Waals surface area contributed by atoms with Crippen molar-refractivity contribution in [2.45, 2.75) is 46.3 Å². The second-order valence-electron chi connectivity index (χ2n) is 6.88. The van der Waals surface area contributed by atoms with Crippen LogP contribution in [-0.4, -0.2) is 40.1 Å². The molecule has 0 atom stereocenters. The number of aromatic amines is 1. The minimum absolute atomic E-state index is 0.00248. The number of unbranched alkanes of at least 4 members (excludes halogenated alkanes) is 3. The van der Waals surface area contributed by atoms with Crippen molar-refractivity contribution in [1.82, 2.24) is 9.71 Å². The zero-order valence-electron chi connectivity index (χ0n) is 15.7. The van der Waals surface area contributed by atoms with Crippen molar-refractivity contribution in [2.75, 3.05) is 15.5 Å². The molecule has 1 saturated heterocycles. The van der Waals surface area contributed by atoms with E-state index in [0.29, 0.717) is 14.0 Å². The quantitative estimate of drug-likeness (QED) is 0.608. The second kappa shape index (κ2) is 8.67. The summed E-state index contributed by atoms with van der Waals surface area (Å²) in [4.78, 5) is 3.41. The fraction of sp³-hybridized carbons (Fsp3) is 0.444. The van der Waals surface area contributed by atoms with Gasteiger partial charge in [-0.05, 0) is 37.2 Å². The largest absolute Gasteiger partial charge is 0.416 e. The number of benzene rings is 1. The van der Waals surface area contributed by atoms with Crippen LogP contribution in [0.2, 0.25) is 13.6 Å². The van der Waals surface area contributed by atoms with Gasteiger partial charge in [0.1, 0.15) is 0 Å². The summed E-state index contributed by atoms with van der Waals surface area (Å²) in [6, 6.07) is 15.1. The Morgan fingerprint density at radius 2 is 1.68 bits per heavy atom. The molecule has 0 amide bonds. The summed E-state index contributed by atoms with van der Waals surface area (Å²) in [5.41, 5.74) is 1.33. The Kier molecular flexibility index (Phi) is 6.32. The predicted molar refractivity (Wildman–Crippen MR) is 113 cm³/mol. The van der Waals surface area contributed by atoms with Gasteiger partial charge in [0.05, 0.1) is 5.82 Å². The van der Waals surface area contributed by atoms with Gasteiger partial charge in [-0.15, -0.1) is 0 Å². The topological polar surface area (TPSA) is 25.5 Å². The minimum atomic E-state index is 0.00248. The number of nitrogens with zero attached hydrogens (tertiary/aromatic N) is 3. The summed E-state index contributed by atoms with van der Waals surface area (Å²) >= 11 is 0. The van der Waals surface area contributed by atoms with E-state index in [0.717, 1.165) is 6.54 Å². The molecule has 0 saturated carbocycles. The number of nitrogens with one attached hydrogen (secondary N) is 1. The number of hydrogen-bond acceptors (Lipinski definition) is 3. The van der Waals surface area contributed by atoms with Crippen LogP contribution < -0.4 is 8.95 Å². The van der Waals surface area contributed by atoms with E-state index in [1.807, 2.05) is 6.20 Å². The Balaban J connectivity index is 1.81. The number of H-pyrrole nitrogens is 1. The zero-order chi connectivity index (χ0) is 17.6. The molecule has 0 bridgehead atoms. The second-order valence-corrected chi connectivity index (χ2v) is 8.23. The van der Waals surface area contributed by atoms with Crippen LogP contribution in [0.5, 0.6) is 0 Å². The summed E-state index contributed by atoms with van der Waals surface area (Å²) in [7, 11) is 0.00248. The normalized spacial score (nSPS) is 16.0. The number of para-hydroxylation sites is 1. The van der Waals surface area contributed by atoms with Crippen LogP contribution in [0.1, 0.15) is 32.6 Å². The summed E-state index contributed by atoms with van der Waals surface area (Å²) in [5, 5.41) is 0. The summed E-state index contributed by atoms with van der Waals surface area (Å²) < 4.78 is 7.79. The fourth-order valence-corrected chi connectivity index (χ4v) is 5.27. The first-order chi connectivity index (χ1) is 12.2. The molecular weight excluding hydrogens is 322 g/mol. The van der Waals surface area contributed by atoms with E-state index in [2.05, 4.69) is 81.7 Å². The lowest BCUT2D eigenvalue weighted by molar-refractivity contribution is 0.558. The molecule has 2 heterocycles. The van der Waals surface area contributed by atoms with Gasteiger partial charge in [0.25, 0.3) is 9.84 Å². The van der Waals surface area contributed by atoms with Crippen molar-refractivity contribution in [3.05, 3.63) is 48.7 Å². The Labute approximate surface area is 155 Å². The molecule has 1 radical (unpaired) electrons. The van der Waals surface area contributed by atoms with Crippen molar-refractivity contribution in [3.8, 4) is 0 Å². The molecule has 4 nitrogen and oxygen atoms in total. The molecule has 131 valence electrons. The van der Waals surface area contributed by atoms with Crippen LogP contribution in [0.4, 0.5) is 11.5 Å². The highest BCUT2D eigenvalue weighted by Crippen LogP contribution is 2.25. The van der Waals surface area contributed by atoms with E-state index in [9.17, 15) is 0 Å². The van der Waals surface area contributed by atoms with Gasteiger partial charge in [0.15, 0.2) is 0 Å². The Bertz CT molecular complexity index is 625. The molecule has 0 spiro atoms. The van der Waals surface area contributed by atoms with E-state index in [1.165, 1.54) is 37.2 Å². The first kappa shape index (κ1) is 18.2. The SMILES string of the molecule is CCCCCCN1B(C)N(c2ccccc2)[SiH]N(c2ccc[nH]2)B1C. The van der Waals surface area contributed by atoms with Gasteiger partial charge in [-0.3, -0.25) is 0 Å². The summed E-state index contributed by atoms with van der Waals surface area (Å²) in [6.07, 6.45) is 7.26. The first-order valence-electron chi connectivity index (χ1n) is 9.58. The van der Waals surface area contributed by atoms with Crippen molar-refractivity contribution in [1.29, 1.82) is 0 Å². The van der Waals surface area contributed by atoms with Crippen LogP contribution in [0, 0.1) is 0 Å². The van der Waals surface area contributed by atoms with Gasteiger partial charge in [-0.2, -0.15) is 0 Å². The molecule has 1 N–H and O–H groups in total. The Morgan fingerprint density at radius 3 is 2.36 bits per heavy atom. The standard InChI is InChI=1S/C18H29B2N4Si/c1-4-5-6-10-16-22-19(2)23(17-12-8-7-9-13-17)25-24(20(22)3)18-14-11-15-21-18/h7-9,11-15,21,25H,4-6,10,16H2,1-3H3. The molecule has 1 aromatic carbocycles.